The molecule has 2 aromatic rings. The second-order valence-electron chi connectivity index (χ2n) is 5.26. The molecule has 0 amide bonds. The maximum absolute atomic E-state index is 10.8. The predicted molar refractivity (Wildman–Crippen MR) is 84.8 cm³/mol. The minimum atomic E-state index is -0.899. The van der Waals surface area contributed by atoms with Crippen LogP contribution in [0.1, 0.15) is 27.0 Å². The number of carboxylic acid groups (broad SMARTS) is 1. The molecule has 0 bridgehead atoms. The Morgan fingerprint density at radius 1 is 1.10 bits per heavy atom. The third kappa shape index (κ3) is 4.31. The number of carbonyl (C=O) groups is 1. The van der Waals surface area contributed by atoms with Crippen LogP contribution >= 0.6 is 11.6 Å². The molecule has 0 spiro atoms. The molecular weight excluding hydrogens is 286 g/mol. The van der Waals surface area contributed by atoms with Crippen molar-refractivity contribution in [2.45, 2.75) is 20.0 Å². The second-order valence-corrected chi connectivity index (χ2v) is 5.67. The van der Waals surface area contributed by atoms with Crippen molar-refractivity contribution in [1.29, 1.82) is 0 Å². The van der Waals surface area contributed by atoms with Crippen LogP contribution in [0.25, 0.3) is 0 Å². The highest BCUT2D eigenvalue weighted by molar-refractivity contribution is 6.31. The number of hydrogen-bond donors (Lipinski definition) is 1. The summed E-state index contributed by atoms with van der Waals surface area (Å²) in [7, 11) is 2.03. The maximum atomic E-state index is 10.8. The van der Waals surface area contributed by atoms with E-state index in [9.17, 15) is 4.79 Å². The molecule has 0 heterocycles. The van der Waals surface area contributed by atoms with Crippen LogP contribution in [0.4, 0.5) is 0 Å². The van der Waals surface area contributed by atoms with Crippen LogP contribution in [0.5, 0.6) is 0 Å². The van der Waals surface area contributed by atoms with Crippen LogP contribution in [-0.4, -0.2) is 23.0 Å². The molecule has 2 aromatic carbocycles. The first-order chi connectivity index (χ1) is 9.95. The summed E-state index contributed by atoms with van der Waals surface area (Å²) in [6, 6.07) is 13.0. The van der Waals surface area contributed by atoms with Gasteiger partial charge >= 0.3 is 5.97 Å². The van der Waals surface area contributed by atoms with Crippen molar-refractivity contribution in [2.75, 3.05) is 7.05 Å². The summed E-state index contributed by atoms with van der Waals surface area (Å²) in [6.45, 7) is 3.53. The summed E-state index contributed by atoms with van der Waals surface area (Å²) >= 11 is 6.13. The van der Waals surface area contributed by atoms with E-state index in [2.05, 4.69) is 11.0 Å². The lowest BCUT2D eigenvalue weighted by molar-refractivity contribution is 0.0697. The Hall–Kier alpha value is -1.84. The van der Waals surface area contributed by atoms with Gasteiger partial charge in [-0.1, -0.05) is 35.9 Å². The van der Waals surface area contributed by atoms with Gasteiger partial charge < -0.3 is 5.11 Å². The Morgan fingerprint density at radius 2 is 1.67 bits per heavy atom. The summed E-state index contributed by atoms with van der Waals surface area (Å²) in [5, 5.41) is 9.66. The summed E-state index contributed by atoms with van der Waals surface area (Å²) in [5.74, 6) is -0.899. The molecule has 0 saturated carbocycles. The quantitative estimate of drug-likeness (QED) is 0.908. The van der Waals surface area contributed by atoms with Crippen LogP contribution in [-0.2, 0) is 13.1 Å². The second kappa shape index (κ2) is 6.74. The van der Waals surface area contributed by atoms with Gasteiger partial charge in [0.05, 0.1) is 5.56 Å². The number of aromatic carboxylic acids is 1. The van der Waals surface area contributed by atoms with Crippen LogP contribution in [0.3, 0.4) is 0 Å². The topological polar surface area (TPSA) is 40.5 Å². The molecule has 0 radical (unpaired) electrons. The van der Waals surface area contributed by atoms with Gasteiger partial charge in [-0.25, -0.2) is 4.79 Å². The highest BCUT2D eigenvalue weighted by Gasteiger charge is 2.05. The maximum Gasteiger partial charge on any atom is 0.335 e. The molecule has 0 aliphatic heterocycles. The van der Waals surface area contributed by atoms with Gasteiger partial charge in [-0.2, -0.15) is 0 Å². The molecule has 0 aliphatic rings. The van der Waals surface area contributed by atoms with Gasteiger partial charge in [-0.3, -0.25) is 4.90 Å². The van der Waals surface area contributed by atoms with Crippen LogP contribution < -0.4 is 0 Å². The monoisotopic (exact) mass is 303 g/mol. The zero-order valence-corrected chi connectivity index (χ0v) is 12.9. The zero-order chi connectivity index (χ0) is 15.4. The smallest absolute Gasteiger partial charge is 0.335 e. The molecule has 0 aromatic heterocycles. The summed E-state index contributed by atoms with van der Waals surface area (Å²) < 4.78 is 0. The summed E-state index contributed by atoms with van der Waals surface area (Å²) in [6.07, 6.45) is 0. The molecule has 110 valence electrons. The molecule has 4 heteroatoms. The third-order valence-electron chi connectivity index (χ3n) is 3.34. The molecule has 21 heavy (non-hydrogen) atoms. The normalized spacial score (nSPS) is 10.9. The van der Waals surface area contributed by atoms with Crippen LogP contribution in [0.2, 0.25) is 5.02 Å². The number of aryl methyl sites for hydroxylation is 1. The molecular formula is C17H18ClNO2. The van der Waals surface area contributed by atoms with E-state index in [1.54, 1.807) is 12.1 Å². The lowest BCUT2D eigenvalue weighted by atomic mass is 10.1. The first kappa shape index (κ1) is 15.5. The average Bonchev–Trinajstić information content (AvgIpc) is 2.43. The van der Waals surface area contributed by atoms with Gasteiger partial charge in [0, 0.05) is 18.1 Å². The molecule has 0 unspecified atom stereocenters. The van der Waals surface area contributed by atoms with E-state index in [1.807, 2.05) is 38.2 Å². The van der Waals surface area contributed by atoms with Crippen molar-refractivity contribution in [1.82, 2.24) is 4.90 Å². The third-order valence-corrected chi connectivity index (χ3v) is 3.75. The Morgan fingerprint density at radius 3 is 2.24 bits per heavy atom. The molecule has 0 saturated heterocycles. The van der Waals surface area contributed by atoms with E-state index in [0.717, 1.165) is 34.8 Å². The van der Waals surface area contributed by atoms with Gasteiger partial charge in [0.1, 0.15) is 0 Å². The number of carboxylic acids is 1. The van der Waals surface area contributed by atoms with Crippen molar-refractivity contribution in [2.24, 2.45) is 0 Å². The van der Waals surface area contributed by atoms with Crippen LogP contribution in [0, 0.1) is 6.92 Å². The van der Waals surface area contributed by atoms with Crippen molar-refractivity contribution >= 4 is 17.6 Å². The van der Waals surface area contributed by atoms with Gasteiger partial charge in [0.15, 0.2) is 0 Å². The largest absolute Gasteiger partial charge is 0.478 e. The number of nitrogens with zero attached hydrogens (tertiary/aromatic N) is 1. The van der Waals surface area contributed by atoms with Crippen molar-refractivity contribution in [3.05, 3.63) is 69.7 Å². The van der Waals surface area contributed by atoms with Crippen molar-refractivity contribution in [3.63, 3.8) is 0 Å². The SMILES string of the molecule is Cc1ccc(CN(C)Cc2ccc(C(=O)O)cc2)cc1Cl. The fourth-order valence-electron chi connectivity index (χ4n) is 2.17. The number of benzene rings is 2. The van der Waals surface area contributed by atoms with E-state index >= 15 is 0 Å². The van der Waals surface area contributed by atoms with Crippen molar-refractivity contribution < 1.29 is 9.90 Å². The van der Waals surface area contributed by atoms with Gasteiger partial charge in [0.2, 0.25) is 0 Å². The number of hydrogen-bond acceptors (Lipinski definition) is 2. The van der Waals surface area contributed by atoms with E-state index in [1.165, 1.54) is 0 Å². The molecule has 0 aliphatic carbocycles. The molecule has 1 N–H and O–H groups in total. The van der Waals surface area contributed by atoms with Gasteiger partial charge in [-0.05, 0) is 48.9 Å². The Bertz CT molecular complexity index is 638. The molecule has 3 nitrogen and oxygen atoms in total. The Labute approximate surface area is 129 Å². The Balaban J connectivity index is 1.99. The van der Waals surface area contributed by atoms with E-state index in [0.29, 0.717) is 5.56 Å². The summed E-state index contributed by atoms with van der Waals surface area (Å²) in [4.78, 5) is 13.0. The lowest BCUT2D eigenvalue weighted by Crippen LogP contribution is -2.17. The van der Waals surface area contributed by atoms with Gasteiger partial charge in [0.25, 0.3) is 0 Å². The first-order valence-electron chi connectivity index (χ1n) is 6.71. The lowest BCUT2D eigenvalue weighted by Gasteiger charge is -2.17. The highest BCUT2D eigenvalue weighted by Crippen LogP contribution is 2.18. The Kier molecular flexibility index (Phi) is 4.99. The summed E-state index contributed by atoms with van der Waals surface area (Å²) in [5.41, 5.74) is 3.63. The standard InChI is InChI=1S/C17H18ClNO2/c1-12-3-4-14(9-16(12)18)11-19(2)10-13-5-7-15(8-6-13)17(20)21/h3-9H,10-11H2,1-2H3,(H,20,21). The average molecular weight is 304 g/mol. The fourth-order valence-corrected chi connectivity index (χ4v) is 2.37. The zero-order valence-electron chi connectivity index (χ0n) is 12.1. The van der Waals surface area contributed by atoms with E-state index in [4.69, 9.17) is 16.7 Å². The molecule has 2 rings (SSSR count). The minimum Gasteiger partial charge on any atom is -0.478 e. The minimum absolute atomic E-state index is 0.312. The molecule has 0 atom stereocenters. The highest BCUT2D eigenvalue weighted by atomic mass is 35.5. The van der Waals surface area contributed by atoms with Crippen LogP contribution in [0.15, 0.2) is 42.5 Å². The number of rotatable bonds is 5. The van der Waals surface area contributed by atoms with Crippen molar-refractivity contribution in [3.8, 4) is 0 Å². The van der Waals surface area contributed by atoms with E-state index in [-0.39, 0.29) is 0 Å². The van der Waals surface area contributed by atoms with E-state index < -0.39 is 5.97 Å². The van der Waals surface area contributed by atoms with Gasteiger partial charge in [-0.15, -0.1) is 0 Å². The molecule has 0 fully saturated rings. The first-order valence-corrected chi connectivity index (χ1v) is 7.09. The predicted octanol–water partition coefficient (Wildman–Crippen LogP) is 3.98. The fraction of sp³-hybridized carbons (Fsp3) is 0.235. The number of halogens is 1.